The van der Waals surface area contributed by atoms with E-state index in [0.717, 1.165) is 5.56 Å². The van der Waals surface area contributed by atoms with Crippen molar-refractivity contribution in [2.45, 2.75) is 0 Å². The van der Waals surface area contributed by atoms with Crippen LogP contribution in [0.2, 0.25) is 5.02 Å². The molecule has 2 aromatic heterocycles. The molecule has 2 heterocycles. The van der Waals surface area contributed by atoms with Crippen LogP contribution in [-0.4, -0.2) is 21.9 Å². The fraction of sp³-hybridized carbons (Fsp3) is 0. The molecule has 0 radical (unpaired) electrons. The summed E-state index contributed by atoms with van der Waals surface area (Å²) >= 11 is 7.04. The van der Waals surface area contributed by atoms with E-state index in [4.69, 9.17) is 17.3 Å². The van der Waals surface area contributed by atoms with Gasteiger partial charge in [-0.25, -0.2) is 5.43 Å². The number of nitrogens with two attached hydrogens (primary N) is 1. The van der Waals surface area contributed by atoms with E-state index in [9.17, 15) is 9.59 Å². The first kappa shape index (κ1) is 18.9. The van der Waals surface area contributed by atoms with Crippen LogP contribution in [0.3, 0.4) is 0 Å². The lowest BCUT2D eigenvalue weighted by Gasteiger charge is -2.08. The molecule has 0 spiro atoms. The van der Waals surface area contributed by atoms with Gasteiger partial charge in [-0.3, -0.25) is 9.59 Å². The second-order valence-electron chi connectivity index (χ2n) is 6.04. The van der Waals surface area contributed by atoms with Crippen LogP contribution in [-0.2, 0) is 0 Å². The van der Waals surface area contributed by atoms with E-state index < -0.39 is 5.91 Å². The van der Waals surface area contributed by atoms with E-state index in [2.05, 4.69) is 15.6 Å². The third kappa shape index (κ3) is 3.75. The van der Waals surface area contributed by atoms with E-state index in [0.29, 0.717) is 21.1 Å². The van der Waals surface area contributed by atoms with Crippen molar-refractivity contribution >= 4 is 50.8 Å². The lowest BCUT2D eigenvalue weighted by Crippen LogP contribution is -2.28. The Balaban J connectivity index is 1.73. The van der Waals surface area contributed by atoms with Gasteiger partial charge in [-0.15, -0.1) is 11.3 Å². The number of aromatic nitrogens is 2. The summed E-state index contributed by atoms with van der Waals surface area (Å²) in [6, 6.07) is 15.8. The molecule has 0 aliphatic heterocycles. The number of thiophene rings is 1. The Labute approximate surface area is 174 Å². The number of hydrogen-bond donors (Lipinski definition) is 2. The maximum atomic E-state index is 12.9. The first-order valence-corrected chi connectivity index (χ1v) is 9.75. The lowest BCUT2D eigenvalue weighted by atomic mass is 10.2. The van der Waals surface area contributed by atoms with E-state index in [1.54, 1.807) is 53.9 Å². The highest BCUT2D eigenvalue weighted by molar-refractivity contribution is 7.15. The van der Waals surface area contributed by atoms with Gasteiger partial charge >= 0.3 is 0 Å². The van der Waals surface area contributed by atoms with E-state index in [1.807, 2.05) is 6.07 Å². The Kier molecular flexibility index (Phi) is 5.11. The number of fused-ring (bicyclic) bond motifs is 1. The van der Waals surface area contributed by atoms with Crippen molar-refractivity contribution in [3.8, 4) is 5.69 Å². The summed E-state index contributed by atoms with van der Waals surface area (Å²) in [5, 5.41) is 11.5. The monoisotopic (exact) mass is 423 g/mol. The zero-order valence-corrected chi connectivity index (χ0v) is 16.4. The van der Waals surface area contributed by atoms with Crippen molar-refractivity contribution in [2.24, 2.45) is 5.10 Å². The average Bonchev–Trinajstić information content (AvgIpc) is 3.12. The topological polar surface area (TPSA) is 102 Å². The quantitative estimate of drug-likeness (QED) is 0.387. The molecule has 144 valence electrons. The summed E-state index contributed by atoms with van der Waals surface area (Å²) in [6.07, 6.45) is 1.49. The van der Waals surface area contributed by atoms with Crippen molar-refractivity contribution in [1.29, 1.82) is 0 Å². The van der Waals surface area contributed by atoms with Gasteiger partial charge in [0.05, 0.1) is 22.3 Å². The number of rotatable bonds is 4. The number of para-hydroxylation sites is 1. The molecule has 0 aliphatic rings. The van der Waals surface area contributed by atoms with Crippen molar-refractivity contribution in [3.63, 3.8) is 0 Å². The first-order chi connectivity index (χ1) is 14.0. The Morgan fingerprint density at radius 3 is 2.62 bits per heavy atom. The van der Waals surface area contributed by atoms with Gasteiger partial charge in [0, 0.05) is 15.8 Å². The molecule has 0 bridgehead atoms. The number of hydrazone groups is 1. The Morgan fingerprint density at radius 1 is 1.17 bits per heavy atom. The van der Waals surface area contributed by atoms with Crippen LogP contribution in [0.25, 0.3) is 16.5 Å². The van der Waals surface area contributed by atoms with Crippen molar-refractivity contribution in [1.82, 2.24) is 15.2 Å². The second kappa shape index (κ2) is 7.86. The largest absolute Gasteiger partial charge is 0.390 e. The normalized spacial score (nSPS) is 11.2. The third-order valence-corrected chi connectivity index (χ3v) is 5.21. The zero-order valence-electron chi connectivity index (χ0n) is 14.9. The summed E-state index contributed by atoms with van der Waals surface area (Å²) in [6.45, 7) is 0. The number of halogens is 1. The van der Waals surface area contributed by atoms with Gasteiger partial charge in [0.15, 0.2) is 5.69 Å². The molecule has 1 amide bonds. The smallest absolute Gasteiger partial charge is 0.292 e. The number of carbonyl (C=O) groups excluding carboxylic acids is 1. The standard InChI is InChI=1S/C20H14ClN5O2S/c21-13-8-6-12(7-9-13)10-23-24-19(27)17-15-11-29-18(22)16(15)20(28)26(25-17)14-4-2-1-3-5-14/h1-11H,22H2,(H,24,27)/b23-10-. The van der Waals surface area contributed by atoms with Crippen LogP contribution in [0.4, 0.5) is 5.00 Å². The van der Waals surface area contributed by atoms with Gasteiger partial charge < -0.3 is 5.73 Å². The molecular formula is C20H14ClN5O2S. The highest BCUT2D eigenvalue weighted by Gasteiger charge is 2.20. The van der Waals surface area contributed by atoms with Crippen molar-refractivity contribution in [3.05, 3.63) is 86.6 Å². The minimum Gasteiger partial charge on any atom is -0.390 e. The van der Waals surface area contributed by atoms with Crippen LogP contribution < -0.4 is 16.7 Å². The molecule has 9 heteroatoms. The highest BCUT2D eigenvalue weighted by Crippen LogP contribution is 2.27. The molecule has 4 aromatic rings. The van der Waals surface area contributed by atoms with Crippen LogP contribution in [0.1, 0.15) is 16.1 Å². The summed E-state index contributed by atoms with van der Waals surface area (Å²) in [7, 11) is 0. The van der Waals surface area contributed by atoms with E-state index in [1.165, 1.54) is 22.2 Å². The maximum Gasteiger partial charge on any atom is 0.292 e. The molecule has 3 N–H and O–H groups in total. The van der Waals surface area contributed by atoms with Gasteiger partial charge in [-0.1, -0.05) is 41.9 Å². The Bertz CT molecular complexity index is 1280. The minimum atomic E-state index is -0.553. The Hall–Kier alpha value is -3.49. The molecule has 7 nitrogen and oxygen atoms in total. The molecular weight excluding hydrogens is 410 g/mol. The Morgan fingerprint density at radius 2 is 1.90 bits per heavy atom. The van der Waals surface area contributed by atoms with E-state index in [-0.39, 0.29) is 16.6 Å². The first-order valence-electron chi connectivity index (χ1n) is 8.49. The van der Waals surface area contributed by atoms with Crippen molar-refractivity contribution < 1.29 is 4.79 Å². The lowest BCUT2D eigenvalue weighted by molar-refractivity contribution is 0.0950. The number of hydrogen-bond acceptors (Lipinski definition) is 6. The fourth-order valence-corrected chi connectivity index (χ4v) is 3.67. The van der Waals surface area contributed by atoms with Crippen molar-refractivity contribution in [2.75, 3.05) is 5.73 Å². The predicted octanol–water partition coefficient (Wildman–Crippen LogP) is 3.45. The van der Waals surface area contributed by atoms with Crippen LogP contribution in [0.15, 0.2) is 69.9 Å². The molecule has 0 saturated carbocycles. The summed E-state index contributed by atoms with van der Waals surface area (Å²) in [4.78, 5) is 25.6. The molecule has 2 aromatic carbocycles. The van der Waals surface area contributed by atoms with Crippen LogP contribution in [0.5, 0.6) is 0 Å². The molecule has 0 fully saturated rings. The maximum absolute atomic E-state index is 12.9. The number of benzene rings is 2. The molecule has 0 aliphatic carbocycles. The third-order valence-electron chi connectivity index (χ3n) is 4.15. The molecule has 29 heavy (non-hydrogen) atoms. The van der Waals surface area contributed by atoms with Gasteiger partial charge in [-0.2, -0.15) is 14.9 Å². The number of anilines is 1. The molecule has 0 unspecified atom stereocenters. The number of nitrogen functional groups attached to an aromatic ring is 1. The zero-order chi connectivity index (χ0) is 20.4. The predicted molar refractivity (Wildman–Crippen MR) is 116 cm³/mol. The summed E-state index contributed by atoms with van der Waals surface area (Å²) in [5.74, 6) is -0.553. The average molecular weight is 424 g/mol. The SMILES string of the molecule is Nc1scc2c(C(=O)N/N=C\c3ccc(Cl)cc3)nn(-c3ccccc3)c(=O)c12. The van der Waals surface area contributed by atoms with E-state index >= 15 is 0 Å². The van der Waals surface area contributed by atoms with Crippen LogP contribution in [0, 0.1) is 0 Å². The number of nitrogens with zero attached hydrogens (tertiary/aromatic N) is 3. The molecule has 0 atom stereocenters. The fourth-order valence-electron chi connectivity index (χ4n) is 2.75. The summed E-state index contributed by atoms with van der Waals surface area (Å²) in [5.41, 5.74) is 9.41. The number of carbonyl (C=O) groups is 1. The highest BCUT2D eigenvalue weighted by atomic mass is 35.5. The van der Waals surface area contributed by atoms with Gasteiger partial charge in [0.2, 0.25) is 0 Å². The number of amides is 1. The minimum absolute atomic E-state index is 0.0599. The molecule has 0 saturated heterocycles. The summed E-state index contributed by atoms with van der Waals surface area (Å²) < 4.78 is 1.17. The van der Waals surface area contributed by atoms with Gasteiger partial charge in [0.25, 0.3) is 11.5 Å². The second-order valence-corrected chi connectivity index (χ2v) is 7.39. The van der Waals surface area contributed by atoms with Gasteiger partial charge in [-0.05, 0) is 29.8 Å². The van der Waals surface area contributed by atoms with Gasteiger partial charge in [0.1, 0.15) is 0 Å². The van der Waals surface area contributed by atoms with Crippen LogP contribution >= 0.6 is 22.9 Å². The number of nitrogens with one attached hydrogen (secondary N) is 1. The molecule has 4 rings (SSSR count).